The molecule has 22 heavy (non-hydrogen) atoms. The van der Waals surface area contributed by atoms with Gasteiger partial charge in [-0.3, -0.25) is 0 Å². The number of pyridine rings is 1. The van der Waals surface area contributed by atoms with Crippen molar-refractivity contribution < 1.29 is 14.3 Å². The fourth-order valence-electron chi connectivity index (χ4n) is 2.19. The van der Waals surface area contributed by atoms with Gasteiger partial charge in [-0.15, -0.1) is 0 Å². The number of fused-ring (bicyclic) bond motifs is 1. The number of carbonyl (C=O) groups is 1. The molecule has 0 bridgehead atoms. The number of nitrogens with zero attached hydrogens (tertiary/aromatic N) is 2. The average molecular weight is 296 g/mol. The summed E-state index contributed by atoms with van der Waals surface area (Å²) in [6, 6.07) is 14.9. The van der Waals surface area contributed by atoms with Crippen LogP contribution in [0.25, 0.3) is 5.65 Å². The summed E-state index contributed by atoms with van der Waals surface area (Å²) in [7, 11) is 0. The average Bonchev–Trinajstić information content (AvgIpc) is 2.87. The molecule has 0 N–H and O–H groups in total. The lowest BCUT2D eigenvalue weighted by Crippen LogP contribution is -2.15. The molecule has 2 heterocycles. The molecule has 2 aromatic heterocycles. The number of hydrogen-bond acceptors (Lipinski definition) is 4. The number of para-hydroxylation sites is 1. The summed E-state index contributed by atoms with van der Waals surface area (Å²) in [6.07, 6.45) is 1.90. The Balaban J connectivity index is 1.59. The predicted octanol–water partition coefficient (Wildman–Crippen LogP) is 2.76. The van der Waals surface area contributed by atoms with Gasteiger partial charge < -0.3 is 13.9 Å². The molecule has 112 valence electrons. The van der Waals surface area contributed by atoms with Gasteiger partial charge in [-0.05, 0) is 31.2 Å². The lowest BCUT2D eigenvalue weighted by atomic mass is 10.3. The van der Waals surface area contributed by atoms with E-state index in [-0.39, 0.29) is 13.2 Å². The van der Waals surface area contributed by atoms with Crippen LogP contribution in [0, 0.1) is 6.92 Å². The monoisotopic (exact) mass is 296 g/mol. The largest absolute Gasteiger partial charge is 0.482 e. The number of aryl methyl sites for hydroxylation is 1. The van der Waals surface area contributed by atoms with E-state index in [2.05, 4.69) is 4.98 Å². The molecule has 0 aliphatic carbocycles. The van der Waals surface area contributed by atoms with E-state index < -0.39 is 5.97 Å². The summed E-state index contributed by atoms with van der Waals surface area (Å²) in [6.45, 7) is 1.96. The zero-order chi connectivity index (χ0) is 15.4. The molecular formula is C17H16N2O3. The van der Waals surface area contributed by atoms with E-state index in [1.807, 2.05) is 53.9 Å². The van der Waals surface area contributed by atoms with Crippen molar-refractivity contribution in [1.82, 2.24) is 9.38 Å². The number of carbonyl (C=O) groups excluding carboxylic acids is 1. The number of benzene rings is 1. The van der Waals surface area contributed by atoms with Crippen LogP contribution in [0.5, 0.6) is 5.75 Å². The number of ether oxygens (including phenoxy) is 2. The second kappa shape index (κ2) is 6.30. The van der Waals surface area contributed by atoms with Gasteiger partial charge in [-0.25, -0.2) is 9.78 Å². The molecule has 0 saturated carbocycles. The van der Waals surface area contributed by atoms with Crippen LogP contribution in [0.3, 0.4) is 0 Å². The van der Waals surface area contributed by atoms with Crippen molar-refractivity contribution in [2.45, 2.75) is 13.5 Å². The van der Waals surface area contributed by atoms with Gasteiger partial charge in [0, 0.05) is 6.20 Å². The van der Waals surface area contributed by atoms with Crippen LogP contribution >= 0.6 is 0 Å². The standard InChI is InChI=1S/C17H16N2O3/c1-13-15(19-10-6-5-9-16(19)18-13)11-22-17(20)12-21-14-7-3-2-4-8-14/h2-10H,11-12H2,1H3. The molecule has 0 fully saturated rings. The maximum absolute atomic E-state index is 11.8. The number of aromatic nitrogens is 2. The van der Waals surface area contributed by atoms with Gasteiger partial charge in [0.15, 0.2) is 6.61 Å². The minimum Gasteiger partial charge on any atom is -0.482 e. The highest BCUT2D eigenvalue weighted by atomic mass is 16.6. The molecule has 0 amide bonds. The maximum Gasteiger partial charge on any atom is 0.344 e. The van der Waals surface area contributed by atoms with Crippen LogP contribution in [0.2, 0.25) is 0 Å². The van der Waals surface area contributed by atoms with Crippen LogP contribution in [-0.4, -0.2) is 22.0 Å². The number of hydrogen-bond donors (Lipinski definition) is 0. The zero-order valence-electron chi connectivity index (χ0n) is 12.2. The Hall–Kier alpha value is -2.82. The Bertz CT molecular complexity index is 781. The van der Waals surface area contributed by atoms with Crippen molar-refractivity contribution in [1.29, 1.82) is 0 Å². The second-order valence-electron chi connectivity index (χ2n) is 4.84. The van der Waals surface area contributed by atoms with Gasteiger partial charge in [-0.2, -0.15) is 0 Å². The van der Waals surface area contributed by atoms with Crippen molar-refractivity contribution in [3.63, 3.8) is 0 Å². The van der Waals surface area contributed by atoms with Gasteiger partial charge in [0.25, 0.3) is 0 Å². The Morgan fingerprint density at radius 2 is 1.91 bits per heavy atom. The van der Waals surface area contributed by atoms with Crippen LogP contribution in [0.4, 0.5) is 0 Å². The second-order valence-corrected chi connectivity index (χ2v) is 4.84. The van der Waals surface area contributed by atoms with Gasteiger partial charge in [-0.1, -0.05) is 24.3 Å². The van der Waals surface area contributed by atoms with Crippen molar-refractivity contribution in [2.24, 2.45) is 0 Å². The quantitative estimate of drug-likeness (QED) is 0.679. The summed E-state index contributed by atoms with van der Waals surface area (Å²) in [5.41, 5.74) is 2.55. The summed E-state index contributed by atoms with van der Waals surface area (Å²) in [5, 5.41) is 0. The van der Waals surface area contributed by atoms with Crippen molar-refractivity contribution in [3.8, 4) is 5.75 Å². The first-order chi connectivity index (χ1) is 10.7. The van der Waals surface area contributed by atoms with Crippen molar-refractivity contribution in [3.05, 3.63) is 66.1 Å². The molecule has 0 atom stereocenters. The molecule has 0 saturated heterocycles. The topological polar surface area (TPSA) is 52.8 Å². The number of imidazole rings is 1. The smallest absolute Gasteiger partial charge is 0.344 e. The Morgan fingerprint density at radius 3 is 2.73 bits per heavy atom. The summed E-state index contributed by atoms with van der Waals surface area (Å²) < 4.78 is 12.5. The highest BCUT2D eigenvalue weighted by Gasteiger charge is 2.11. The van der Waals surface area contributed by atoms with Crippen molar-refractivity contribution >= 4 is 11.6 Å². The number of esters is 1. The van der Waals surface area contributed by atoms with Crippen LogP contribution < -0.4 is 4.74 Å². The van der Waals surface area contributed by atoms with Crippen LogP contribution in [0.1, 0.15) is 11.4 Å². The summed E-state index contributed by atoms with van der Waals surface area (Å²) in [4.78, 5) is 16.2. The number of rotatable bonds is 5. The lowest BCUT2D eigenvalue weighted by Gasteiger charge is -2.07. The van der Waals surface area contributed by atoms with Gasteiger partial charge in [0.05, 0.1) is 11.4 Å². The van der Waals surface area contributed by atoms with E-state index in [1.165, 1.54) is 0 Å². The molecule has 0 radical (unpaired) electrons. The zero-order valence-corrected chi connectivity index (χ0v) is 12.2. The molecule has 5 heteroatoms. The molecule has 0 aliphatic rings. The van der Waals surface area contributed by atoms with Gasteiger partial charge in [0.1, 0.15) is 18.0 Å². The van der Waals surface area contributed by atoms with E-state index in [9.17, 15) is 4.79 Å². The summed E-state index contributed by atoms with van der Waals surface area (Å²) >= 11 is 0. The Labute approximate surface area is 128 Å². The minimum atomic E-state index is -0.408. The molecule has 3 aromatic rings. The van der Waals surface area contributed by atoms with Gasteiger partial charge >= 0.3 is 5.97 Å². The fourth-order valence-corrected chi connectivity index (χ4v) is 2.19. The first-order valence-corrected chi connectivity index (χ1v) is 7.00. The Morgan fingerprint density at radius 1 is 1.14 bits per heavy atom. The van der Waals surface area contributed by atoms with Crippen molar-refractivity contribution in [2.75, 3.05) is 6.61 Å². The fraction of sp³-hybridized carbons (Fsp3) is 0.176. The van der Waals surface area contributed by atoms with E-state index in [0.29, 0.717) is 5.75 Å². The molecule has 0 spiro atoms. The van der Waals surface area contributed by atoms with E-state index in [1.54, 1.807) is 12.1 Å². The maximum atomic E-state index is 11.8. The molecule has 0 unspecified atom stereocenters. The first kappa shape index (κ1) is 14.1. The SMILES string of the molecule is Cc1nc2ccccn2c1COC(=O)COc1ccccc1. The van der Waals surface area contributed by atoms with E-state index in [0.717, 1.165) is 17.0 Å². The van der Waals surface area contributed by atoms with E-state index >= 15 is 0 Å². The van der Waals surface area contributed by atoms with Crippen LogP contribution in [-0.2, 0) is 16.1 Å². The third kappa shape index (κ3) is 3.09. The molecular weight excluding hydrogens is 280 g/mol. The molecule has 5 nitrogen and oxygen atoms in total. The third-order valence-electron chi connectivity index (χ3n) is 3.30. The predicted molar refractivity (Wildman–Crippen MR) is 81.7 cm³/mol. The minimum absolute atomic E-state index is 0.111. The van der Waals surface area contributed by atoms with Gasteiger partial charge in [0.2, 0.25) is 0 Å². The molecule has 1 aromatic carbocycles. The molecule has 3 rings (SSSR count). The van der Waals surface area contributed by atoms with E-state index in [4.69, 9.17) is 9.47 Å². The highest BCUT2D eigenvalue weighted by molar-refractivity contribution is 5.71. The first-order valence-electron chi connectivity index (χ1n) is 7.00. The lowest BCUT2D eigenvalue weighted by molar-refractivity contribution is -0.147. The normalized spacial score (nSPS) is 10.6. The molecule has 0 aliphatic heterocycles. The summed E-state index contributed by atoms with van der Waals surface area (Å²) in [5.74, 6) is 0.236. The highest BCUT2D eigenvalue weighted by Crippen LogP contribution is 2.13. The van der Waals surface area contributed by atoms with Crippen LogP contribution in [0.15, 0.2) is 54.7 Å². The Kier molecular flexibility index (Phi) is 4.05. The third-order valence-corrected chi connectivity index (χ3v) is 3.30.